The summed E-state index contributed by atoms with van der Waals surface area (Å²) in [7, 11) is 0. The van der Waals surface area contributed by atoms with Gasteiger partial charge in [-0.05, 0) is 72.1 Å². The van der Waals surface area contributed by atoms with Crippen molar-refractivity contribution in [1.82, 2.24) is 10.2 Å². The second-order valence-electron chi connectivity index (χ2n) is 8.54. The van der Waals surface area contributed by atoms with Gasteiger partial charge in [0.05, 0.1) is 19.3 Å². The zero-order valence-electron chi connectivity index (χ0n) is 19.1. The van der Waals surface area contributed by atoms with E-state index in [2.05, 4.69) is 5.32 Å². The lowest BCUT2D eigenvalue weighted by Gasteiger charge is -2.33. The van der Waals surface area contributed by atoms with E-state index < -0.39 is 5.60 Å². The molecule has 0 aliphatic carbocycles. The van der Waals surface area contributed by atoms with Crippen molar-refractivity contribution in [3.8, 4) is 11.5 Å². The Kier molecular flexibility index (Phi) is 8.38. The number of hydrogen-bond acceptors (Lipinski definition) is 5. The van der Waals surface area contributed by atoms with E-state index in [1.165, 1.54) is 0 Å². The van der Waals surface area contributed by atoms with E-state index in [1.54, 1.807) is 4.90 Å². The number of ether oxygens (including phenoxy) is 3. The maximum absolute atomic E-state index is 12.8. The third kappa shape index (κ3) is 6.82. The van der Waals surface area contributed by atoms with Crippen LogP contribution in [0, 0.1) is 5.92 Å². The summed E-state index contributed by atoms with van der Waals surface area (Å²) in [5, 5.41) is 3.10. The number of carbonyl (C=O) groups excluding carboxylic acids is 2. The highest BCUT2D eigenvalue weighted by atomic mass is 16.6. The molecule has 1 aromatic carbocycles. The highest BCUT2D eigenvalue weighted by Crippen LogP contribution is 2.31. The molecule has 0 aromatic heterocycles. The van der Waals surface area contributed by atoms with Crippen LogP contribution >= 0.6 is 0 Å². The van der Waals surface area contributed by atoms with Crippen molar-refractivity contribution in [1.29, 1.82) is 0 Å². The Hall–Kier alpha value is -2.44. The van der Waals surface area contributed by atoms with Crippen LogP contribution < -0.4 is 14.8 Å². The molecule has 1 N–H and O–H groups in total. The SMILES string of the molecule is CCOc1ccc([C@@H](C)NC(=O)C2CCN(C(=O)OC(C)(C)C)CC2)cc1OCC. The average molecular weight is 421 g/mol. The standard InChI is InChI=1S/C23H36N2O5/c1-7-28-19-10-9-18(15-20(19)29-8-2)16(3)24-21(26)17-11-13-25(14-12-17)22(27)30-23(4,5)6/h9-10,15-17H,7-8,11-14H2,1-6H3,(H,24,26)/t16-/m1/s1. The van der Waals surface area contributed by atoms with Crippen molar-refractivity contribution in [2.45, 2.75) is 66.0 Å². The first-order valence-corrected chi connectivity index (χ1v) is 10.8. The molecule has 0 radical (unpaired) electrons. The van der Waals surface area contributed by atoms with Crippen LogP contribution in [-0.2, 0) is 9.53 Å². The van der Waals surface area contributed by atoms with Gasteiger partial charge in [0, 0.05) is 19.0 Å². The predicted molar refractivity (Wildman–Crippen MR) is 116 cm³/mol. The number of rotatable bonds is 7. The van der Waals surface area contributed by atoms with Gasteiger partial charge in [-0.15, -0.1) is 0 Å². The van der Waals surface area contributed by atoms with Crippen molar-refractivity contribution in [3.05, 3.63) is 23.8 Å². The summed E-state index contributed by atoms with van der Waals surface area (Å²) >= 11 is 0. The Morgan fingerprint density at radius 3 is 2.27 bits per heavy atom. The van der Waals surface area contributed by atoms with Gasteiger partial charge in [0.25, 0.3) is 0 Å². The summed E-state index contributed by atoms with van der Waals surface area (Å²) in [6, 6.07) is 5.59. The van der Waals surface area contributed by atoms with Gasteiger partial charge in [-0.1, -0.05) is 6.07 Å². The Balaban J connectivity index is 1.92. The lowest BCUT2D eigenvalue weighted by Crippen LogP contribution is -2.45. The minimum Gasteiger partial charge on any atom is -0.490 e. The largest absolute Gasteiger partial charge is 0.490 e. The molecule has 168 valence electrons. The summed E-state index contributed by atoms with van der Waals surface area (Å²) in [4.78, 5) is 26.6. The summed E-state index contributed by atoms with van der Waals surface area (Å²) in [5.41, 5.74) is 0.445. The Bertz CT molecular complexity index is 721. The van der Waals surface area contributed by atoms with Gasteiger partial charge in [-0.3, -0.25) is 4.79 Å². The van der Waals surface area contributed by atoms with Crippen LogP contribution in [0.4, 0.5) is 4.79 Å². The van der Waals surface area contributed by atoms with Gasteiger partial charge >= 0.3 is 6.09 Å². The highest BCUT2D eigenvalue weighted by molar-refractivity contribution is 5.79. The summed E-state index contributed by atoms with van der Waals surface area (Å²) < 4.78 is 16.7. The van der Waals surface area contributed by atoms with Crippen LogP contribution in [0.3, 0.4) is 0 Å². The van der Waals surface area contributed by atoms with E-state index in [4.69, 9.17) is 14.2 Å². The smallest absolute Gasteiger partial charge is 0.410 e. The molecule has 30 heavy (non-hydrogen) atoms. The zero-order chi connectivity index (χ0) is 22.3. The van der Waals surface area contributed by atoms with Gasteiger partial charge in [0.15, 0.2) is 11.5 Å². The fourth-order valence-electron chi connectivity index (χ4n) is 3.40. The molecule has 2 rings (SSSR count). The molecule has 1 heterocycles. The molecule has 0 saturated carbocycles. The topological polar surface area (TPSA) is 77.1 Å². The second kappa shape index (κ2) is 10.5. The number of amides is 2. The third-order valence-corrected chi connectivity index (χ3v) is 4.94. The number of piperidine rings is 1. The van der Waals surface area contributed by atoms with Gasteiger partial charge in [-0.25, -0.2) is 4.79 Å². The van der Waals surface area contributed by atoms with Crippen LogP contribution in [0.2, 0.25) is 0 Å². The monoisotopic (exact) mass is 420 g/mol. The first kappa shape index (κ1) is 23.8. The van der Waals surface area contributed by atoms with Crippen LogP contribution in [0.1, 0.15) is 66.0 Å². The van der Waals surface area contributed by atoms with E-state index >= 15 is 0 Å². The van der Waals surface area contributed by atoms with E-state index in [0.29, 0.717) is 50.6 Å². The average Bonchev–Trinajstić information content (AvgIpc) is 2.68. The fourth-order valence-corrected chi connectivity index (χ4v) is 3.40. The van der Waals surface area contributed by atoms with Crippen molar-refractivity contribution < 1.29 is 23.8 Å². The van der Waals surface area contributed by atoms with Gasteiger partial charge in [-0.2, -0.15) is 0 Å². The molecule has 0 bridgehead atoms. The quantitative estimate of drug-likeness (QED) is 0.711. The molecule has 1 aliphatic rings. The van der Waals surface area contributed by atoms with Crippen molar-refractivity contribution in [3.63, 3.8) is 0 Å². The number of hydrogen-bond donors (Lipinski definition) is 1. The number of carbonyl (C=O) groups is 2. The summed E-state index contributed by atoms with van der Waals surface area (Å²) in [5.74, 6) is 1.29. The van der Waals surface area contributed by atoms with E-state index in [9.17, 15) is 9.59 Å². The van der Waals surface area contributed by atoms with E-state index in [0.717, 1.165) is 5.56 Å². The molecule has 7 heteroatoms. The molecule has 7 nitrogen and oxygen atoms in total. The van der Waals surface area contributed by atoms with Crippen molar-refractivity contribution in [2.24, 2.45) is 5.92 Å². The lowest BCUT2D eigenvalue weighted by molar-refractivity contribution is -0.127. The molecular formula is C23H36N2O5. The van der Waals surface area contributed by atoms with Gasteiger partial charge in [0.2, 0.25) is 5.91 Å². The lowest BCUT2D eigenvalue weighted by atomic mass is 9.95. The van der Waals surface area contributed by atoms with Crippen LogP contribution in [-0.4, -0.2) is 48.8 Å². The van der Waals surface area contributed by atoms with Crippen molar-refractivity contribution >= 4 is 12.0 Å². The molecule has 1 saturated heterocycles. The Labute approximate surface area is 180 Å². The van der Waals surface area contributed by atoms with Gasteiger partial charge < -0.3 is 24.4 Å². The molecular weight excluding hydrogens is 384 g/mol. The molecule has 1 aromatic rings. The summed E-state index contributed by atoms with van der Waals surface area (Å²) in [6.45, 7) is 13.5. The van der Waals surface area contributed by atoms with Gasteiger partial charge in [0.1, 0.15) is 5.60 Å². The molecule has 1 atom stereocenters. The van der Waals surface area contributed by atoms with Crippen LogP contribution in [0.15, 0.2) is 18.2 Å². The molecule has 2 amide bonds. The molecule has 0 unspecified atom stereocenters. The number of nitrogens with zero attached hydrogens (tertiary/aromatic N) is 1. The Morgan fingerprint density at radius 1 is 1.10 bits per heavy atom. The first-order valence-electron chi connectivity index (χ1n) is 10.8. The maximum atomic E-state index is 12.8. The van der Waals surface area contributed by atoms with E-state index in [1.807, 2.05) is 59.7 Å². The normalized spacial score (nSPS) is 16.0. The number of benzene rings is 1. The Morgan fingerprint density at radius 2 is 1.70 bits per heavy atom. The molecule has 0 spiro atoms. The van der Waals surface area contributed by atoms with E-state index in [-0.39, 0.29) is 24.0 Å². The minimum absolute atomic E-state index is 0.0122. The third-order valence-electron chi connectivity index (χ3n) is 4.94. The van der Waals surface area contributed by atoms with Crippen molar-refractivity contribution in [2.75, 3.05) is 26.3 Å². The maximum Gasteiger partial charge on any atom is 0.410 e. The fraction of sp³-hybridized carbons (Fsp3) is 0.652. The van der Waals surface area contributed by atoms with Crippen LogP contribution in [0.25, 0.3) is 0 Å². The van der Waals surface area contributed by atoms with Crippen LogP contribution in [0.5, 0.6) is 11.5 Å². The first-order chi connectivity index (χ1) is 14.1. The second-order valence-corrected chi connectivity index (χ2v) is 8.54. The number of nitrogens with one attached hydrogen (secondary N) is 1. The predicted octanol–water partition coefficient (Wildman–Crippen LogP) is 4.31. The highest BCUT2D eigenvalue weighted by Gasteiger charge is 2.30. The minimum atomic E-state index is -0.515. The summed E-state index contributed by atoms with van der Waals surface area (Å²) in [6.07, 6.45) is 0.948. The molecule has 1 fully saturated rings. The number of likely N-dealkylation sites (tertiary alicyclic amines) is 1. The molecule has 1 aliphatic heterocycles. The zero-order valence-corrected chi connectivity index (χ0v) is 19.1.